The average Bonchev–Trinajstić information content (AvgIpc) is 2.34. The molecule has 0 saturated heterocycles. The van der Waals surface area contributed by atoms with Gasteiger partial charge in [0, 0.05) is 18.0 Å². The highest BCUT2D eigenvalue weighted by molar-refractivity contribution is 7.99. The SMILES string of the molecule is COC(=O)C(CSc1ncccc1Cl)NC(C)C. The Morgan fingerprint density at radius 2 is 2.33 bits per heavy atom. The minimum absolute atomic E-state index is 0.203. The Morgan fingerprint density at radius 1 is 1.61 bits per heavy atom. The summed E-state index contributed by atoms with van der Waals surface area (Å²) >= 11 is 7.44. The first-order chi connectivity index (χ1) is 8.54. The van der Waals surface area contributed by atoms with Crippen LogP contribution in [0.15, 0.2) is 23.4 Å². The fourth-order valence-electron chi connectivity index (χ4n) is 1.37. The lowest BCUT2D eigenvalue weighted by Gasteiger charge is -2.18. The number of aromatic nitrogens is 1. The molecule has 1 aromatic heterocycles. The molecule has 1 atom stereocenters. The van der Waals surface area contributed by atoms with Crippen molar-refractivity contribution in [3.8, 4) is 0 Å². The van der Waals surface area contributed by atoms with E-state index < -0.39 is 0 Å². The van der Waals surface area contributed by atoms with Gasteiger partial charge in [0.2, 0.25) is 0 Å². The Kier molecular flexibility index (Phi) is 6.46. The normalized spacial score (nSPS) is 12.5. The molecule has 100 valence electrons. The molecule has 4 nitrogen and oxygen atoms in total. The number of nitrogens with zero attached hydrogens (tertiary/aromatic N) is 1. The first-order valence-electron chi connectivity index (χ1n) is 5.61. The molecule has 0 spiro atoms. The van der Waals surface area contributed by atoms with Crippen LogP contribution in [0.5, 0.6) is 0 Å². The van der Waals surface area contributed by atoms with E-state index in [1.807, 2.05) is 13.8 Å². The van der Waals surface area contributed by atoms with Gasteiger partial charge >= 0.3 is 5.97 Å². The van der Waals surface area contributed by atoms with Gasteiger partial charge in [-0.25, -0.2) is 4.98 Å². The van der Waals surface area contributed by atoms with E-state index in [-0.39, 0.29) is 18.1 Å². The predicted molar refractivity (Wildman–Crippen MR) is 74.0 cm³/mol. The van der Waals surface area contributed by atoms with Crippen LogP contribution in [-0.2, 0) is 9.53 Å². The van der Waals surface area contributed by atoms with Crippen LogP contribution in [0.1, 0.15) is 13.8 Å². The highest BCUT2D eigenvalue weighted by Crippen LogP contribution is 2.24. The quantitative estimate of drug-likeness (QED) is 0.643. The van der Waals surface area contributed by atoms with E-state index >= 15 is 0 Å². The lowest BCUT2D eigenvalue weighted by atomic mass is 10.3. The van der Waals surface area contributed by atoms with Crippen LogP contribution in [-0.4, -0.2) is 35.9 Å². The molecule has 0 aromatic carbocycles. The minimum Gasteiger partial charge on any atom is -0.468 e. The van der Waals surface area contributed by atoms with Crippen LogP contribution in [0.4, 0.5) is 0 Å². The maximum atomic E-state index is 11.6. The van der Waals surface area contributed by atoms with Crippen LogP contribution in [0.2, 0.25) is 5.02 Å². The number of pyridine rings is 1. The number of thioether (sulfide) groups is 1. The van der Waals surface area contributed by atoms with Crippen molar-refractivity contribution in [2.24, 2.45) is 0 Å². The van der Waals surface area contributed by atoms with Gasteiger partial charge in [0.05, 0.1) is 12.1 Å². The molecule has 1 N–H and O–H groups in total. The Labute approximate surface area is 116 Å². The van der Waals surface area contributed by atoms with Gasteiger partial charge in [-0.2, -0.15) is 0 Å². The molecule has 0 aliphatic heterocycles. The van der Waals surface area contributed by atoms with E-state index in [0.717, 1.165) is 5.03 Å². The average molecular weight is 289 g/mol. The smallest absolute Gasteiger partial charge is 0.323 e. The molecular formula is C12H17ClN2O2S. The summed E-state index contributed by atoms with van der Waals surface area (Å²) in [4.78, 5) is 15.8. The van der Waals surface area contributed by atoms with E-state index in [0.29, 0.717) is 10.8 Å². The second-order valence-electron chi connectivity index (χ2n) is 4.00. The Balaban J connectivity index is 2.62. The third kappa shape index (κ3) is 4.84. The number of carbonyl (C=O) groups is 1. The second-order valence-corrected chi connectivity index (χ2v) is 5.41. The van der Waals surface area contributed by atoms with E-state index in [4.69, 9.17) is 16.3 Å². The Hall–Kier alpha value is -0.780. The maximum Gasteiger partial charge on any atom is 0.323 e. The van der Waals surface area contributed by atoms with Gasteiger partial charge in [-0.05, 0) is 12.1 Å². The maximum absolute atomic E-state index is 11.6. The number of halogens is 1. The Bertz CT molecular complexity index is 401. The molecule has 0 bridgehead atoms. The van der Waals surface area contributed by atoms with Gasteiger partial charge < -0.3 is 10.1 Å². The molecule has 1 aromatic rings. The molecule has 0 radical (unpaired) electrons. The molecule has 6 heteroatoms. The van der Waals surface area contributed by atoms with Crippen molar-refractivity contribution in [2.75, 3.05) is 12.9 Å². The molecule has 0 aliphatic rings. The van der Waals surface area contributed by atoms with Crippen molar-refractivity contribution in [3.05, 3.63) is 23.4 Å². The van der Waals surface area contributed by atoms with Crippen LogP contribution in [0.3, 0.4) is 0 Å². The van der Waals surface area contributed by atoms with Crippen molar-refractivity contribution in [3.63, 3.8) is 0 Å². The predicted octanol–water partition coefficient (Wildman–Crippen LogP) is 2.37. The fraction of sp³-hybridized carbons (Fsp3) is 0.500. The van der Waals surface area contributed by atoms with E-state index in [2.05, 4.69) is 10.3 Å². The lowest BCUT2D eigenvalue weighted by molar-refractivity contribution is -0.142. The highest BCUT2D eigenvalue weighted by atomic mass is 35.5. The topological polar surface area (TPSA) is 51.2 Å². The molecule has 1 rings (SSSR count). The number of hydrogen-bond donors (Lipinski definition) is 1. The molecule has 0 fully saturated rings. The van der Waals surface area contributed by atoms with Gasteiger partial charge in [0.25, 0.3) is 0 Å². The molecule has 0 saturated carbocycles. The van der Waals surface area contributed by atoms with Gasteiger partial charge in [0.1, 0.15) is 11.1 Å². The number of rotatable bonds is 6. The fourth-order valence-corrected chi connectivity index (χ4v) is 2.55. The summed E-state index contributed by atoms with van der Waals surface area (Å²) in [6.45, 7) is 3.96. The van der Waals surface area contributed by atoms with E-state index in [1.165, 1.54) is 18.9 Å². The monoisotopic (exact) mass is 288 g/mol. The molecular weight excluding hydrogens is 272 g/mol. The Morgan fingerprint density at radius 3 is 2.89 bits per heavy atom. The number of hydrogen-bond acceptors (Lipinski definition) is 5. The van der Waals surface area contributed by atoms with E-state index in [9.17, 15) is 4.79 Å². The van der Waals surface area contributed by atoms with E-state index in [1.54, 1.807) is 18.3 Å². The summed E-state index contributed by atoms with van der Waals surface area (Å²) in [5, 5.41) is 4.47. The van der Waals surface area contributed by atoms with Crippen molar-refractivity contribution in [1.82, 2.24) is 10.3 Å². The molecule has 0 amide bonds. The lowest BCUT2D eigenvalue weighted by Crippen LogP contribution is -2.43. The summed E-state index contributed by atoms with van der Waals surface area (Å²) < 4.78 is 4.76. The standard InChI is InChI=1S/C12H17ClN2O2S/c1-8(2)15-10(12(16)17-3)7-18-11-9(13)5-4-6-14-11/h4-6,8,10,15H,7H2,1-3H3. The summed E-state index contributed by atoms with van der Waals surface area (Å²) in [5.74, 6) is 0.255. The number of methoxy groups -OCH3 is 1. The van der Waals surface area contributed by atoms with Crippen LogP contribution in [0.25, 0.3) is 0 Å². The zero-order valence-corrected chi connectivity index (χ0v) is 12.2. The summed E-state index contributed by atoms with van der Waals surface area (Å²) in [7, 11) is 1.38. The van der Waals surface area contributed by atoms with Gasteiger partial charge in [-0.15, -0.1) is 11.8 Å². The largest absolute Gasteiger partial charge is 0.468 e. The summed E-state index contributed by atoms with van der Waals surface area (Å²) in [6, 6.07) is 3.39. The third-order valence-electron chi connectivity index (χ3n) is 2.13. The molecule has 0 aliphatic carbocycles. The zero-order valence-electron chi connectivity index (χ0n) is 10.6. The number of carbonyl (C=O) groups excluding carboxylic acids is 1. The van der Waals surface area contributed by atoms with Crippen LogP contribution >= 0.6 is 23.4 Å². The van der Waals surface area contributed by atoms with Gasteiger partial charge in [0.15, 0.2) is 0 Å². The first kappa shape index (κ1) is 15.3. The van der Waals surface area contributed by atoms with Crippen molar-refractivity contribution < 1.29 is 9.53 Å². The highest BCUT2D eigenvalue weighted by Gasteiger charge is 2.20. The second kappa shape index (κ2) is 7.61. The van der Waals surface area contributed by atoms with Crippen molar-refractivity contribution in [1.29, 1.82) is 0 Å². The minimum atomic E-state index is -0.363. The van der Waals surface area contributed by atoms with Crippen molar-refractivity contribution >= 4 is 29.3 Å². The number of esters is 1. The molecule has 1 unspecified atom stereocenters. The molecule has 1 heterocycles. The summed E-state index contributed by atoms with van der Waals surface area (Å²) in [5.41, 5.74) is 0. The van der Waals surface area contributed by atoms with Gasteiger partial charge in [-0.1, -0.05) is 25.4 Å². The van der Waals surface area contributed by atoms with Crippen LogP contribution in [0, 0.1) is 0 Å². The first-order valence-corrected chi connectivity index (χ1v) is 6.98. The summed E-state index contributed by atoms with van der Waals surface area (Å²) in [6.07, 6.45) is 1.68. The third-order valence-corrected chi connectivity index (χ3v) is 3.65. The molecule has 18 heavy (non-hydrogen) atoms. The number of ether oxygens (including phenoxy) is 1. The van der Waals surface area contributed by atoms with Crippen LogP contribution < -0.4 is 5.32 Å². The van der Waals surface area contributed by atoms with Crippen molar-refractivity contribution in [2.45, 2.75) is 31.0 Å². The zero-order chi connectivity index (χ0) is 13.5. The van der Waals surface area contributed by atoms with Gasteiger partial charge in [-0.3, -0.25) is 4.79 Å². The number of nitrogens with one attached hydrogen (secondary N) is 1.